The largest absolute Gasteiger partial charge is 0.490 e. The van der Waals surface area contributed by atoms with E-state index in [1.165, 1.54) is 0 Å². The average Bonchev–Trinajstić information content (AvgIpc) is 3.33. The van der Waals surface area contributed by atoms with Crippen LogP contribution in [0, 0.1) is 17.8 Å². The van der Waals surface area contributed by atoms with Crippen molar-refractivity contribution in [1.82, 2.24) is 15.1 Å². The lowest BCUT2D eigenvalue weighted by Crippen LogP contribution is -2.53. The molecule has 0 saturated carbocycles. The summed E-state index contributed by atoms with van der Waals surface area (Å²) in [6, 6.07) is 7.81. The first kappa shape index (κ1) is 27.7. The highest BCUT2D eigenvalue weighted by Gasteiger charge is 2.63. The molecule has 0 aromatic heterocycles. The lowest BCUT2D eigenvalue weighted by atomic mass is 9.60. The summed E-state index contributed by atoms with van der Waals surface area (Å²) >= 11 is 0. The van der Waals surface area contributed by atoms with Gasteiger partial charge >= 0.3 is 18.2 Å². The monoisotopic (exact) mass is 514 g/mol. The number of carbonyl (C=O) groups is 3. The van der Waals surface area contributed by atoms with Crippen LogP contribution in [-0.4, -0.2) is 92.0 Å². The van der Waals surface area contributed by atoms with Crippen molar-refractivity contribution in [3.05, 3.63) is 29.8 Å². The SMILES string of the molecule is COCCN1CC2(CCN(C(=O)Nc3cccc(C)c3)CC2)C2(CCNC2=O)C1.O=C(O)C(F)(F)F. The van der Waals surface area contributed by atoms with Crippen LogP contribution in [-0.2, 0) is 14.3 Å². The number of rotatable bonds is 4. The normalized spacial score (nSPS) is 23.4. The van der Waals surface area contributed by atoms with Crippen LogP contribution in [0.2, 0.25) is 0 Å². The van der Waals surface area contributed by atoms with Crippen LogP contribution >= 0.6 is 0 Å². The number of hydrogen-bond donors (Lipinski definition) is 3. The standard InChI is InChI=1S/C22H32N4O3.C2HF3O2/c1-17-4-3-5-18(14-17)24-20(28)26-10-7-21(8-11-26)15-25(12-13-29-2)16-22(21)6-9-23-19(22)27;3-2(4,5)1(6)7/h3-5,14H,6-13,15-16H2,1-2H3,(H,23,27)(H,24,28);(H,6,7). The first-order valence-electron chi connectivity index (χ1n) is 11.8. The minimum absolute atomic E-state index is 0.0513. The molecule has 1 aromatic rings. The number of methoxy groups -OCH3 is 1. The first-order chi connectivity index (χ1) is 16.9. The van der Waals surface area contributed by atoms with Crippen LogP contribution in [0.25, 0.3) is 0 Å². The van der Waals surface area contributed by atoms with Crippen LogP contribution in [0.15, 0.2) is 24.3 Å². The highest BCUT2D eigenvalue weighted by molar-refractivity contribution is 5.90. The number of aliphatic carboxylic acids is 1. The summed E-state index contributed by atoms with van der Waals surface area (Å²) in [5, 5.41) is 13.2. The molecule has 3 fully saturated rings. The van der Waals surface area contributed by atoms with Gasteiger partial charge in [0.1, 0.15) is 0 Å². The van der Waals surface area contributed by atoms with Gasteiger partial charge in [-0.05, 0) is 43.9 Å². The van der Waals surface area contributed by atoms with E-state index in [1.54, 1.807) is 7.11 Å². The zero-order chi connectivity index (χ0) is 26.6. The molecule has 3 amide bonds. The molecule has 36 heavy (non-hydrogen) atoms. The lowest BCUT2D eigenvalue weighted by molar-refractivity contribution is -0.192. The third-order valence-corrected chi connectivity index (χ3v) is 7.44. The second-order valence-corrected chi connectivity index (χ2v) is 9.66. The predicted octanol–water partition coefficient (Wildman–Crippen LogP) is 2.71. The van der Waals surface area contributed by atoms with Crippen molar-refractivity contribution in [1.29, 1.82) is 0 Å². The van der Waals surface area contributed by atoms with Crippen molar-refractivity contribution in [3.63, 3.8) is 0 Å². The summed E-state index contributed by atoms with van der Waals surface area (Å²) in [6.07, 6.45) is -2.46. The van der Waals surface area contributed by atoms with Gasteiger partial charge in [0.05, 0.1) is 12.0 Å². The number of carbonyl (C=O) groups excluding carboxylic acids is 2. The minimum atomic E-state index is -5.08. The number of hydrogen-bond acceptors (Lipinski definition) is 5. The number of carboxylic acids is 1. The van der Waals surface area contributed by atoms with Gasteiger partial charge in [-0.2, -0.15) is 13.2 Å². The zero-order valence-electron chi connectivity index (χ0n) is 20.5. The Bertz CT molecular complexity index is 965. The zero-order valence-corrected chi connectivity index (χ0v) is 20.5. The number of urea groups is 1. The number of piperidine rings is 1. The van der Waals surface area contributed by atoms with E-state index in [0.29, 0.717) is 19.7 Å². The van der Waals surface area contributed by atoms with Crippen molar-refractivity contribution >= 4 is 23.6 Å². The number of fused-ring (bicyclic) bond motifs is 1. The quantitative estimate of drug-likeness (QED) is 0.570. The molecule has 12 heteroatoms. The molecule has 3 N–H and O–H groups in total. The Kier molecular flexibility index (Phi) is 8.50. The van der Waals surface area contributed by atoms with Crippen molar-refractivity contribution in [3.8, 4) is 0 Å². The number of nitrogens with one attached hydrogen (secondary N) is 2. The number of anilines is 1. The molecule has 3 heterocycles. The predicted molar refractivity (Wildman–Crippen MR) is 126 cm³/mol. The fraction of sp³-hybridized carbons (Fsp3) is 0.625. The smallest absolute Gasteiger partial charge is 0.475 e. The number of amides is 3. The third kappa shape index (κ3) is 5.92. The van der Waals surface area contributed by atoms with Crippen LogP contribution < -0.4 is 10.6 Å². The maximum Gasteiger partial charge on any atom is 0.490 e. The number of ether oxygens (including phenoxy) is 1. The number of carboxylic acid groups (broad SMARTS) is 1. The summed E-state index contributed by atoms with van der Waals surface area (Å²) < 4.78 is 37.0. The molecular formula is C24H33F3N4O5. The molecule has 4 rings (SSSR count). The van der Waals surface area contributed by atoms with E-state index in [0.717, 1.165) is 56.7 Å². The maximum atomic E-state index is 12.9. The van der Waals surface area contributed by atoms with E-state index >= 15 is 0 Å². The van der Waals surface area contributed by atoms with Crippen LogP contribution in [0.5, 0.6) is 0 Å². The van der Waals surface area contributed by atoms with Crippen molar-refractivity contribution in [2.45, 2.75) is 32.4 Å². The Morgan fingerprint density at radius 1 is 1.19 bits per heavy atom. The van der Waals surface area contributed by atoms with Gasteiger partial charge in [0.2, 0.25) is 5.91 Å². The van der Waals surface area contributed by atoms with Gasteiger partial charge in [-0.15, -0.1) is 0 Å². The van der Waals surface area contributed by atoms with Crippen molar-refractivity contribution < 1.29 is 37.4 Å². The molecule has 0 aliphatic carbocycles. The molecule has 3 aliphatic rings. The number of aryl methyl sites for hydroxylation is 1. The van der Waals surface area contributed by atoms with Crippen LogP contribution in [0.3, 0.4) is 0 Å². The third-order valence-electron chi connectivity index (χ3n) is 7.44. The molecular weight excluding hydrogens is 481 g/mol. The number of likely N-dealkylation sites (tertiary alicyclic amines) is 2. The highest BCUT2D eigenvalue weighted by atomic mass is 19.4. The van der Waals surface area contributed by atoms with Gasteiger partial charge < -0.3 is 25.4 Å². The lowest BCUT2D eigenvalue weighted by Gasteiger charge is -2.46. The number of nitrogens with zero attached hydrogens (tertiary/aromatic N) is 2. The number of alkyl halides is 3. The topological polar surface area (TPSA) is 111 Å². The summed E-state index contributed by atoms with van der Waals surface area (Å²) in [5.74, 6) is -2.55. The number of halogens is 3. The molecule has 1 unspecified atom stereocenters. The van der Waals surface area contributed by atoms with Gasteiger partial charge in [-0.1, -0.05) is 12.1 Å². The molecule has 1 atom stereocenters. The van der Waals surface area contributed by atoms with Crippen LogP contribution in [0.4, 0.5) is 23.7 Å². The van der Waals surface area contributed by atoms with E-state index in [2.05, 4.69) is 15.5 Å². The Morgan fingerprint density at radius 3 is 2.39 bits per heavy atom. The molecule has 3 aliphatic heterocycles. The molecule has 2 spiro atoms. The summed E-state index contributed by atoms with van der Waals surface area (Å²) in [4.78, 5) is 38.9. The van der Waals surface area contributed by atoms with Crippen LogP contribution in [0.1, 0.15) is 24.8 Å². The van der Waals surface area contributed by atoms with E-state index in [1.807, 2.05) is 36.1 Å². The molecule has 0 bridgehead atoms. The summed E-state index contributed by atoms with van der Waals surface area (Å²) in [6.45, 7) is 7.39. The second kappa shape index (κ2) is 11.0. The molecule has 200 valence electrons. The first-order valence-corrected chi connectivity index (χ1v) is 11.8. The Labute approximate surface area is 207 Å². The fourth-order valence-electron chi connectivity index (χ4n) is 5.59. The van der Waals surface area contributed by atoms with E-state index < -0.39 is 12.1 Å². The number of benzene rings is 1. The van der Waals surface area contributed by atoms with Crippen molar-refractivity contribution in [2.75, 3.05) is 58.3 Å². The van der Waals surface area contributed by atoms with Gasteiger partial charge in [-0.25, -0.2) is 9.59 Å². The molecule has 9 nitrogen and oxygen atoms in total. The Hall–Kier alpha value is -2.86. The molecule has 0 radical (unpaired) electrons. The van der Waals surface area contributed by atoms with E-state index in [9.17, 15) is 22.8 Å². The fourth-order valence-corrected chi connectivity index (χ4v) is 5.59. The Morgan fingerprint density at radius 2 is 1.86 bits per heavy atom. The minimum Gasteiger partial charge on any atom is -0.475 e. The molecule has 3 saturated heterocycles. The van der Waals surface area contributed by atoms with Crippen molar-refractivity contribution in [2.24, 2.45) is 10.8 Å². The van der Waals surface area contributed by atoms with Gasteiger partial charge in [0.25, 0.3) is 0 Å². The van der Waals surface area contributed by atoms with E-state index in [-0.39, 0.29) is 22.8 Å². The van der Waals surface area contributed by atoms with Gasteiger partial charge in [0, 0.05) is 57.5 Å². The van der Waals surface area contributed by atoms with Gasteiger partial charge in [-0.3, -0.25) is 9.69 Å². The summed E-state index contributed by atoms with van der Waals surface area (Å²) in [7, 11) is 1.72. The Balaban J connectivity index is 0.000000454. The second-order valence-electron chi connectivity index (χ2n) is 9.66. The maximum absolute atomic E-state index is 12.9. The average molecular weight is 515 g/mol. The van der Waals surface area contributed by atoms with Gasteiger partial charge in [0.15, 0.2) is 0 Å². The summed E-state index contributed by atoms with van der Waals surface area (Å²) in [5.41, 5.74) is 1.58. The highest BCUT2D eigenvalue weighted by Crippen LogP contribution is 2.56. The van der Waals surface area contributed by atoms with E-state index in [4.69, 9.17) is 14.6 Å². The molecule has 1 aromatic carbocycles.